The predicted octanol–water partition coefficient (Wildman–Crippen LogP) is 3.76. The van der Waals surface area contributed by atoms with Gasteiger partial charge in [-0.3, -0.25) is 0 Å². The van der Waals surface area contributed by atoms with E-state index < -0.39 is 0 Å². The van der Waals surface area contributed by atoms with Gasteiger partial charge in [0.1, 0.15) is 0 Å². The molecule has 2 aromatic heterocycles. The molecule has 1 aromatic carbocycles. The molecule has 0 fully saturated rings. The number of fused-ring (bicyclic) bond motifs is 1. The molecule has 3 aromatic rings. The lowest BCUT2D eigenvalue weighted by molar-refractivity contribution is 0.311. The van der Waals surface area contributed by atoms with Gasteiger partial charge in [-0.25, -0.2) is 4.98 Å². The van der Waals surface area contributed by atoms with Crippen molar-refractivity contribution in [1.82, 2.24) is 9.38 Å². The predicted molar refractivity (Wildman–Crippen MR) is 85.4 cm³/mol. The summed E-state index contributed by atoms with van der Waals surface area (Å²) in [5, 5.41) is 0. The highest BCUT2D eigenvalue weighted by atomic mass is 16.5. The second-order valence-corrected chi connectivity index (χ2v) is 5.06. The zero-order valence-electron chi connectivity index (χ0n) is 12.1. The molecule has 2 heterocycles. The minimum Gasteiger partial charge on any atom is -0.490 e. The third-order valence-electron chi connectivity index (χ3n) is 3.38. The summed E-state index contributed by atoms with van der Waals surface area (Å²) < 4.78 is 7.81. The minimum atomic E-state index is 0.719. The summed E-state index contributed by atoms with van der Waals surface area (Å²) >= 11 is 0. The van der Waals surface area contributed by atoms with Gasteiger partial charge in [0.05, 0.1) is 12.3 Å². The second-order valence-electron chi connectivity index (χ2n) is 5.06. The Morgan fingerprint density at radius 1 is 1.24 bits per heavy atom. The van der Waals surface area contributed by atoms with Gasteiger partial charge in [0, 0.05) is 23.6 Å². The lowest BCUT2D eigenvalue weighted by Gasteiger charge is -2.05. The van der Waals surface area contributed by atoms with Gasteiger partial charge in [-0.2, -0.15) is 0 Å². The van der Waals surface area contributed by atoms with Crippen LogP contribution in [-0.2, 0) is 0 Å². The molecular formula is C17H19N3O. The smallest absolute Gasteiger partial charge is 0.180 e. The fourth-order valence-corrected chi connectivity index (χ4v) is 2.26. The van der Waals surface area contributed by atoms with E-state index in [0.29, 0.717) is 0 Å². The summed E-state index contributed by atoms with van der Waals surface area (Å²) in [6, 6.07) is 11.7. The summed E-state index contributed by atoms with van der Waals surface area (Å²) in [6.07, 6.45) is 6.14. The SMILES string of the molecule is CCCCOc1cccn2cc(-c3cccc(N)c3)nc12. The summed E-state index contributed by atoms with van der Waals surface area (Å²) in [5.74, 6) is 0.820. The highest BCUT2D eigenvalue weighted by Crippen LogP contribution is 2.25. The largest absolute Gasteiger partial charge is 0.490 e. The topological polar surface area (TPSA) is 52.5 Å². The molecule has 0 radical (unpaired) electrons. The first-order valence-corrected chi connectivity index (χ1v) is 7.24. The number of nitrogens with two attached hydrogens (primary N) is 1. The molecule has 0 unspecified atom stereocenters. The van der Waals surface area contributed by atoms with E-state index in [1.807, 2.05) is 53.2 Å². The minimum absolute atomic E-state index is 0.719. The van der Waals surface area contributed by atoms with E-state index in [1.165, 1.54) is 0 Å². The molecule has 0 saturated heterocycles. The standard InChI is InChI=1S/C17H19N3O/c1-2-3-10-21-16-8-5-9-20-12-15(19-17(16)20)13-6-4-7-14(18)11-13/h4-9,11-12H,2-3,10,18H2,1H3. The molecule has 0 saturated carbocycles. The molecule has 2 N–H and O–H groups in total. The zero-order chi connectivity index (χ0) is 14.7. The summed E-state index contributed by atoms with van der Waals surface area (Å²) in [5.41, 5.74) is 9.33. The number of aromatic nitrogens is 2. The van der Waals surface area contributed by atoms with Crippen molar-refractivity contribution < 1.29 is 4.74 Å². The van der Waals surface area contributed by atoms with Gasteiger partial charge in [0.25, 0.3) is 0 Å². The van der Waals surface area contributed by atoms with Crippen molar-refractivity contribution in [2.75, 3.05) is 12.3 Å². The quantitative estimate of drug-likeness (QED) is 0.572. The second kappa shape index (κ2) is 5.87. The molecule has 0 atom stereocenters. The van der Waals surface area contributed by atoms with Crippen molar-refractivity contribution in [1.29, 1.82) is 0 Å². The molecule has 4 heteroatoms. The number of rotatable bonds is 5. The number of benzene rings is 1. The lowest BCUT2D eigenvalue weighted by atomic mass is 10.1. The Kier molecular flexibility index (Phi) is 3.77. The number of hydrogen-bond acceptors (Lipinski definition) is 3. The maximum atomic E-state index is 5.84. The molecule has 0 spiro atoms. The molecule has 4 nitrogen and oxygen atoms in total. The number of imidazole rings is 1. The van der Waals surface area contributed by atoms with E-state index >= 15 is 0 Å². The maximum absolute atomic E-state index is 5.84. The summed E-state index contributed by atoms with van der Waals surface area (Å²) in [6.45, 7) is 2.87. The Labute approximate surface area is 124 Å². The van der Waals surface area contributed by atoms with E-state index in [9.17, 15) is 0 Å². The molecule has 0 aliphatic heterocycles. The van der Waals surface area contributed by atoms with Crippen LogP contribution in [0, 0.1) is 0 Å². The van der Waals surface area contributed by atoms with Gasteiger partial charge < -0.3 is 14.9 Å². The van der Waals surface area contributed by atoms with Gasteiger partial charge in [-0.1, -0.05) is 25.5 Å². The molecule has 0 bridgehead atoms. The number of pyridine rings is 1. The number of nitrogen functional groups attached to an aromatic ring is 1. The number of hydrogen-bond donors (Lipinski definition) is 1. The van der Waals surface area contributed by atoms with Crippen molar-refractivity contribution >= 4 is 11.3 Å². The molecular weight excluding hydrogens is 262 g/mol. The Morgan fingerprint density at radius 2 is 2.14 bits per heavy atom. The Hall–Kier alpha value is -2.49. The normalized spacial score (nSPS) is 10.9. The van der Waals surface area contributed by atoms with E-state index in [0.717, 1.165) is 47.8 Å². The van der Waals surface area contributed by atoms with Crippen LogP contribution in [0.5, 0.6) is 5.75 Å². The van der Waals surface area contributed by atoms with Crippen LogP contribution in [0.1, 0.15) is 19.8 Å². The van der Waals surface area contributed by atoms with Crippen molar-refractivity contribution in [3.8, 4) is 17.0 Å². The third kappa shape index (κ3) is 2.84. The average Bonchev–Trinajstić information content (AvgIpc) is 2.92. The van der Waals surface area contributed by atoms with Crippen molar-refractivity contribution in [2.24, 2.45) is 0 Å². The van der Waals surface area contributed by atoms with Crippen LogP contribution in [0.2, 0.25) is 0 Å². The fraction of sp³-hybridized carbons (Fsp3) is 0.235. The Bertz CT molecular complexity index is 749. The Morgan fingerprint density at radius 3 is 2.95 bits per heavy atom. The molecule has 0 amide bonds. The third-order valence-corrected chi connectivity index (χ3v) is 3.38. The van der Waals surface area contributed by atoms with Crippen LogP contribution in [-0.4, -0.2) is 16.0 Å². The van der Waals surface area contributed by atoms with E-state index in [-0.39, 0.29) is 0 Å². The van der Waals surface area contributed by atoms with Gasteiger partial charge in [0.2, 0.25) is 0 Å². The van der Waals surface area contributed by atoms with E-state index in [1.54, 1.807) is 0 Å². The van der Waals surface area contributed by atoms with E-state index in [4.69, 9.17) is 10.5 Å². The van der Waals surface area contributed by atoms with Gasteiger partial charge >= 0.3 is 0 Å². The molecule has 108 valence electrons. The highest BCUT2D eigenvalue weighted by Gasteiger charge is 2.09. The molecule has 0 aliphatic carbocycles. The first-order valence-electron chi connectivity index (χ1n) is 7.24. The van der Waals surface area contributed by atoms with Gasteiger partial charge in [-0.05, 0) is 30.7 Å². The molecule has 0 aliphatic rings. The van der Waals surface area contributed by atoms with Crippen LogP contribution in [0.15, 0.2) is 48.8 Å². The van der Waals surface area contributed by atoms with Crippen LogP contribution in [0.4, 0.5) is 5.69 Å². The average molecular weight is 281 g/mol. The van der Waals surface area contributed by atoms with Crippen LogP contribution >= 0.6 is 0 Å². The maximum Gasteiger partial charge on any atom is 0.180 e. The zero-order valence-corrected chi connectivity index (χ0v) is 12.1. The number of anilines is 1. The first kappa shape index (κ1) is 13.5. The monoisotopic (exact) mass is 281 g/mol. The van der Waals surface area contributed by atoms with Crippen LogP contribution in [0.3, 0.4) is 0 Å². The lowest BCUT2D eigenvalue weighted by Crippen LogP contribution is -1.98. The highest BCUT2D eigenvalue weighted by molar-refractivity contribution is 5.68. The van der Waals surface area contributed by atoms with Gasteiger partial charge in [0.15, 0.2) is 11.4 Å². The first-order chi connectivity index (χ1) is 10.3. The molecule has 3 rings (SSSR count). The van der Waals surface area contributed by atoms with Crippen molar-refractivity contribution in [2.45, 2.75) is 19.8 Å². The number of ether oxygens (including phenoxy) is 1. The van der Waals surface area contributed by atoms with Crippen molar-refractivity contribution in [3.05, 3.63) is 48.8 Å². The number of nitrogens with zero attached hydrogens (tertiary/aromatic N) is 2. The fourth-order valence-electron chi connectivity index (χ4n) is 2.26. The van der Waals surface area contributed by atoms with E-state index in [2.05, 4.69) is 11.9 Å². The number of unbranched alkanes of at least 4 members (excludes halogenated alkanes) is 1. The van der Waals surface area contributed by atoms with Gasteiger partial charge in [-0.15, -0.1) is 0 Å². The van der Waals surface area contributed by atoms with Crippen molar-refractivity contribution in [3.63, 3.8) is 0 Å². The summed E-state index contributed by atoms with van der Waals surface area (Å²) in [7, 11) is 0. The molecule has 21 heavy (non-hydrogen) atoms. The summed E-state index contributed by atoms with van der Waals surface area (Å²) in [4.78, 5) is 4.69. The van der Waals surface area contributed by atoms with Crippen LogP contribution < -0.4 is 10.5 Å². The van der Waals surface area contributed by atoms with Crippen LogP contribution in [0.25, 0.3) is 16.9 Å². The Balaban J connectivity index is 1.98.